The van der Waals surface area contributed by atoms with Crippen molar-refractivity contribution >= 4 is 0 Å². The van der Waals surface area contributed by atoms with Crippen LogP contribution in [0.15, 0.2) is 0 Å². The fourth-order valence-corrected chi connectivity index (χ4v) is 2.15. The van der Waals surface area contributed by atoms with Gasteiger partial charge in [0.25, 0.3) is 0 Å². The summed E-state index contributed by atoms with van der Waals surface area (Å²) in [6, 6.07) is 0. The van der Waals surface area contributed by atoms with Crippen LogP contribution < -0.4 is 0 Å². The third-order valence-corrected chi connectivity index (χ3v) is 3.10. The summed E-state index contributed by atoms with van der Waals surface area (Å²) in [7, 11) is 0. The van der Waals surface area contributed by atoms with E-state index in [1.807, 2.05) is 27.7 Å². The highest BCUT2D eigenvalue weighted by molar-refractivity contribution is 4.48. The molecule has 0 fully saturated rings. The predicted octanol–water partition coefficient (Wildman–Crippen LogP) is 5.50. The van der Waals surface area contributed by atoms with E-state index in [1.165, 1.54) is 51.4 Å². The lowest BCUT2D eigenvalue weighted by molar-refractivity contribution is -0.394. The molecule has 0 spiro atoms. The SMILES string of the molecule is CCCCCCCCCCCN(OC(C)C)OC(C)C. The molecule has 0 aromatic carbocycles. The van der Waals surface area contributed by atoms with E-state index in [1.54, 1.807) is 5.23 Å². The van der Waals surface area contributed by atoms with Crippen LogP contribution in [0.2, 0.25) is 0 Å². The molecular weight excluding hydrogens is 250 g/mol. The zero-order valence-electron chi connectivity index (χ0n) is 14.5. The second kappa shape index (κ2) is 13.8. The molecular formula is C17H37NO2. The van der Waals surface area contributed by atoms with Crippen molar-refractivity contribution in [3.05, 3.63) is 0 Å². The highest BCUT2D eigenvalue weighted by Crippen LogP contribution is 2.11. The molecule has 0 heterocycles. The summed E-state index contributed by atoms with van der Waals surface area (Å²) in [5, 5.41) is 1.68. The minimum Gasteiger partial charge on any atom is -0.271 e. The quantitative estimate of drug-likeness (QED) is 0.311. The van der Waals surface area contributed by atoms with Gasteiger partial charge in [-0.2, -0.15) is 0 Å². The predicted molar refractivity (Wildman–Crippen MR) is 86.4 cm³/mol. The molecule has 3 heteroatoms. The largest absolute Gasteiger partial charge is 0.271 e. The van der Waals surface area contributed by atoms with Crippen LogP contribution in [-0.4, -0.2) is 24.0 Å². The molecule has 0 unspecified atom stereocenters. The molecule has 0 radical (unpaired) electrons. The first-order valence-electron chi connectivity index (χ1n) is 8.67. The molecule has 0 aliphatic rings. The Balaban J connectivity index is 3.48. The zero-order chi connectivity index (χ0) is 15.2. The van der Waals surface area contributed by atoms with E-state index in [2.05, 4.69) is 6.92 Å². The van der Waals surface area contributed by atoms with Crippen LogP contribution in [0.1, 0.15) is 92.4 Å². The third-order valence-electron chi connectivity index (χ3n) is 3.10. The summed E-state index contributed by atoms with van der Waals surface area (Å²) in [6.45, 7) is 11.3. The Morgan fingerprint density at radius 1 is 0.650 bits per heavy atom. The van der Waals surface area contributed by atoms with Gasteiger partial charge in [0.15, 0.2) is 0 Å². The summed E-state index contributed by atoms with van der Waals surface area (Å²) in [4.78, 5) is 11.3. The first-order chi connectivity index (χ1) is 9.56. The first-order valence-corrected chi connectivity index (χ1v) is 8.67. The number of hydrogen-bond donors (Lipinski definition) is 0. The maximum atomic E-state index is 5.64. The van der Waals surface area contributed by atoms with E-state index in [9.17, 15) is 0 Å². The zero-order valence-corrected chi connectivity index (χ0v) is 14.5. The molecule has 3 nitrogen and oxygen atoms in total. The molecule has 0 aromatic rings. The highest BCUT2D eigenvalue weighted by Gasteiger charge is 2.10. The van der Waals surface area contributed by atoms with Crippen LogP contribution in [0.25, 0.3) is 0 Å². The Kier molecular flexibility index (Phi) is 13.8. The topological polar surface area (TPSA) is 21.7 Å². The van der Waals surface area contributed by atoms with Gasteiger partial charge >= 0.3 is 0 Å². The summed E-state index contributed by atoms with van der Waals surface area (Å²) in [5.41, 5.74) is 0. The molecule has 0 bridgehead atoms. The van der Waals surface area contributed by atoms with Crippen molar-refractivity contribution in [2.75, 3.05) is 6.54 Å². The van der Waals surface area contributed by atoms with Gasteiger partial charge in [-0.05, 0) is 34.1 Å². The van der Waals surface area contributed by atoms with E-state index in [0.717, 1.165) is 13.0 Å². The molecule has 0 aliphatic carbocycles. The number of rotatable bonds is 14. The van der Waals surface area contributed by atoms with E-state index in [0.29, 0.717) is 0 Å². The maximum Gasteiger partial charge on any atom is 0.0763 e. The van der Waals surface area contributed by atoms with Gasteiger partial charge in [-0.1, -0.05) is 63.5 Å². The number of hydroxylamine groups is 2. The highest BCUT2D eigenvalue weighted by atomic mass is 17.0. The van der Waals surface area contributed by atoms with Crippen LogP contribution in [0.4, 0.5) is 0 Å². The van der Waals surface area contributed by atoms with Crippen molar-refractivity contribution in [1.82, 2.24) is 5.23 Å². The van der Waals surface area contributed by atoms with Gasteiger partial charge in [-0.25, -0.2) is 0 Å². The van der Waals surface area contributed by atoms with Gasteiger partial charge in [-0.15, -0.1) is 0 Å². The lowest BCUT2D eigenvalue weighted by Crippen LogP contribution is -2.31. The maximum absolute atomic E-state index is 5.64. The Bertz CT molecular complexity index is 185. The van der Waals surface area contributed by atoms with Gasteiger partial charge < -0.3 is 0 Å². The van der Waals surface area contributed by atoms with E-state index >= 15 is 0 Å². The Labute approximate surface area is 126 Å². The van der Waals surface area contributed by atoms with Gasteiger partial charge in [-0.3, -0.25) is 9.68 Å². The number of hydrogen-bond acceptors (Lipinski definition) is 3. The molecule has 0 aliphatic heterocycles. The van der Waals surface area contributed by atoms with Crippen LogP contribution in [0.3, 0.4) is 0 Å². The lowest BCUT2D eigenvalue weighted by Gasteiger charge is -2.24. The first kappa shape index (κ1) is 19.9. The molecule has 0 aromatic heterocycles. The van der Waals surface area contributed by atoms with Crippen molar-refractivity contribution in [2.24, 2.45) is 0 Å². The molecule has 122 valence electrons. The van der Waals surface area contributed by atoms with Crippen LogP contribution >= 0.6 is 0 Å². The van der Waals surface area contributed by atoms with Gasteiger partial charge in [0.05, 0.1) is 18.8 Å². The smallest absolute Gasteiger partial charge is 0.0763 e. The van der Waals surface area contributed by atoms with Crippen LogP contribution in [0, 0.1) is 0 Å². The van der Waals surface area contributed by atoms with Gasteiger partial charge in [0.2, 0.25) is 0 Å². The second-order valence-electron chi connectivity index (χ2n) is 6.19. The van der Waals surface area contributed by atoms with Crippen molar-refractivity contribution < 1.29 is 9.68 Å². The average molecular weight is 287 g/mol. The summed E-state index contributed by atoms with van der Waals surface area (Å²) >= 11 is 0. The summed E-state index contributed by atoms with van der Waals surface area (Å²) in [6.07, 6.45) is 12.4. The minimum atomic E-state index is 0.173. The van der Waals surface area contributed by atoms with E-state index < -0.39 is 0 Å². The minimum absolute atomic E-state index is 0.173. The molecule has 20 heavy (non-hydrogen) atoms. The molecule has 0 saturated heterocycles. The fraction of sp³-hybridized carbons (Fsp3) is 1.00. The molecule has 0 saturated carbocycles. The number of unbranched alkanes of at least 4 members (excludes halogenated alkanes) is 8. The standard InChI is InChI=1S/C17H37NO2/c1-6-7-8-9-10-11-12-13-14-15-18(19-16(2)3)20-17(4)5/h16-17H,6-15H2,1-5H3. The molecule has 0 rings (SSSR count). The Hall–Kier alpha value is -0.120. The normalized spacial score (nSPS) is 12.0. The second-order valence-corrected chi connectivity index (χ2v) is 6.19. The van der Waals surface area contributed by atoms with Crippen LogP contribution in [-0.2, 0) is 9.68 Å². The van der Waals surface area contributed by atoms with Crippen LogP contribution in [0.5, 0.6) is 0 Å². The molecule has 0 N–H and O–H groups in total. The van der Waals surface area contributed by atoms with Crippen molar-refractivity contribution in [2.45, 2.75) is 105 Å². The Morgan fingerprint density at radius 2 is 1.05 bits per heavy atom. The Morgan fingerprint density at radius 3 is 1.45 bits per heavy atom. The van der Waals surface area contributed by atoms with Crippen molar-refractivity contribution in [3.8, 4) is 0 Å². The monoisotopic (exact) mass is 287 g/mol. The molecule has 0 atom stereocenters. The van der Waals surface area contributed by atoms with Crippen molar-refractivity contribution in [3.63, 3.8) is 0 Å². The molecule has 0 amide bonds. The third kappa shape index (κ3) is 14.3. The van der Waals surface area contributed by atoms with Crippen molar-refractivity contribution in [1.29, 1.82) is 0 Å². The van der Waals surface area contributed by atoms with Gasteiger partial charge in [0, 0.05) is 0 Å². The average Bonchev–Trinajstić information content (AvgIpc) is 2.35. The summed E-state index contributed by atoms with van der Waals surface area (Å²) in [5.74, 6) is 0. The van der Waals surface area contributed by atoms with E-state index in [4.69, 9.17) is 9.68 Å². The summed E-state index contributed by atoms with van der Waals surface area (Å²) < 4.78 is 0. The van der Waals surface area contributed by atoms with E-state index in [-0.39, 0.29) is 12.2 Å². The van der Waals surface area contributed by atoms with Gasteiger partial charge in [0.1, 0.15) is 0 Å². The lowest BCUT2D eigenvalue weighted by atomic mass is 10.1. The number of nitrogens with zero attached hydrogens (tertiary/aromatic N) is 1. The fourth-order valence-electron chi connectivity index (χ4n) is 2.15.